The summed E-state index contributed by atoms with van der Waals surface area (Å²) in [5.74, 6) is 6.31. The van der Waals surface area contributed by atoms with Crippen LogP contribution in [0.2, 0.25) is 0 Å². The zero-order valence-corrected chi connectivity index (χ0v) is 12.3. The van der Waals surface area contributed by atoms with E-state index in [0.717, 1.165) is 6.42 Å². The van der Waals surface area contributed by atoms with Crippen molar-refractivity contribution in [3.05, 3.63) is 29.6 Å². The van der Waals surface area contributed by atoms with E-state index in [0.29, 0.717) is 17.8 Å². The predicted molar refractivity (Wildman–Crippen MR) is 80.6 cm³/mol. The molecule has 1 aromatic rings. The minimum absolute atomic E-state index is 0.152. The van der Waals surface area contributed by atoms with Gasteiger partial charge in [0.05, 0.1) is 0 Å². The fourth-order valence-corrected chi connectivity index (χ4v) is 3.32. The fraction of sp³-hybridized carbons (Fsp3) is 0.467. The smallest absolute Gasteiger partial charge is 0.269 e. The van der Waals surface area contributed by atoms with Gasteiger partial charge in [-0.05, 0) is 37.7 Å². The Balaban J connectivity index is 1.92. The van der Waals surface area contributed by atoms with E-state index in [1.807, 2.05) is 11.8 Å². The van der Waals surface area contributed by atoms with Crippen LogP contribution in [-0.4, -0.2) is 39.6 Å². The van der Waals surface area contributed by atoms with Gasteiger partial charge in [-0.1, -0.05) is 11.8 Å². The first-order valence-electron chi connectivity index (χ1n) is 6.61. The Morgan fingerprint density at radius 3 is 3.05 bits per heavy atom. The third kappa shape index (κ3) is 3.99. The summed E-state index contributed by atoms with van der Waals surface area (Å²) in [5.41, 5.74) is 1.08. The highest BCUT2D eigenvalue weighted by molar-refractivity contribution is 8.00. The first-order valence-corrected chi connectivity index (χ1v) is 7.59. The van der Waals surface area contributed by atoms with Crippen molar-refractivity contribution < 1.29 is 9.90 Å². The zero-order chi connectivity index (χ0) is 14.4. The number of hydrogen-bond donors (Lipinski definition) is 2. The van der Waals surface area contributed by atoms with E-state index in [9.17, 15) is 4.79 Å². The Morgan fingerprint density at radius 1 is 1.60 bits per heavy atom. The molecule has 5 heteroatoms. The average molecular weight is 290 g/mol. The molecule has 1 saturated heterocycles. The number of carbonyl (C=O) groups is 1. The number of aliphatic hydroxyl groups excluding tert-OH is 1. The molecule has 1 aromatic heterocycles. The van der Waals surface area contributed by atoms with Gasteiger partial charge in [-0.25, -0.2) is 4.98 Å². The van der Waals surface area contributed by atoms with E-state index in [4.69, 9.17) is 5.11 Å². The summed E-state index contributed by atoms with van der Waals surface area (Å²) in [5, 5.41) is 11.6. The molecule has 4 nitrogen and oxygen atoms in total. The summed E-state index contributed by atoms with van der Waals surface area (Å²) in [7, 11) is 0. The minimum atomic E-state index is -0.182. The molecule has 1 aliphatic heterocycles. The lowest BCUT2D eigenvalue weighted by Gasteiger charge is -2.22. The van der Waals surface area contributed by atoms with E-state index in [-0.39, 0.29) is 17.3 Å². The summed E-state index contributed by atoms with van der Waals surface area (Å²) < 4.78 is 0.155. The summed E-state index contributed by atoms with van der Waals surface area (Å²) in [6.07, 6.45) is 3.90. The number of nitrogens with zero attached hydrogens (tertiary/aromatic N) is 1. The van der Waals surface area contributed by atoms with Crippen LogP contribution in [0.25, 0.3) is 0 Å². The molecule has 20 heavy (non-hydrogen) atoms. The van der Waals surface area contributed by atoms with Crippen molar-refractivity contribution in [2.24, 2.45) is 0 Å². The molecule has 0 bridgehead atoms. The van der Waals surface area contributed by atoms with Gasteiger partial charge in [0.25, 0.3) is 5.91 Å². The zero-order valence-electron chi connectivity index (χ0n) is 11.5. The van der Waals surface area contributed by atoms with Crippen molar-refractivity contribution in [1.29, 1.82) is 0 Å². The van der Waals surface area contributed by atoms with Gasteiger partial charge in [-0.3, -0.25) is 4.79 Å². The minimum Gasteiger partial charge on any atom is -0.384 e. The maximum atomic E-state index is 12.0. The van der Waals surface area contributed by atoms with Gasteiger partial charge in [0.2, 0.25) is 0 Å². The summed E-state index contributed by atoms with van der Waals surface area (Å²) >= 11 is 1.92. The molecular formula is C15H18N2O2S. The molecule has 1 unspecified atom stereocenters. The molecule has 2 N–H and O–H groups in total. The van der Waals surface area contributed by atoms with Crippen molar-refractivity contribution in [1.82, 2.24) is 10.3 Å². The van der Waals surface area contributed by atoms with E-state index < -0.39 is 0 Å². The van der Waals surface area contributed by atoms with E-state index in [1.165, 1.54) is 12.2 Å². The van der Waals surface area contributed by atoms with Gasteiger partial charge in [-0.2, -0.15) is 11.8 Å². The maximum Gasteiger partial charge on any atom is 0.269 e. The highest BCUT2D eigenvalue weighted by atomic mass is 32.2. The van der Waals surface area contributed by atoms with Crippen LogP contribution in [0.1, 0.15) is 35.8 Å². The second-order valence-corrected chi connectivity index (χ2v) is 6.66. The number of hydrogen-bond acceptors (Lipinski definition) is 4. The van der Waals surface area contributed by atoms with Gasteiger partial charge in [0, 0.05) is 23.1 Å². The van der Waals surface area contributed by atoms with Crippen LogP contribution >= 0.6 is 11.8 Å². The highest BCUT2D eigenvalue weighted by Gasteiger charge is 2.29. The number of nitrogens with one attached hydrogen (secondary N) is 1. The molecule has 2 heterocycles. The van der Waals surface area contributed by atoms with Crippen molar-refractivity contribution in [3.63, 3.8) is 0 Å². The monoisotopic (exact) mass is 290 g/mol. The van der Waals surface area contributed by atoms with Crippen molar-refractivity contribution in [2.75, 3.05) is 18.9 Å². The first-order chi connectivity index (χ1) is 9.63. The summed E-state index contributed by atoms with van der Waals surface area (Å²) in [4.78, 5) is 16.1. The molecule has 1 aliphatic rings. The quantitative estimate of drug-likeness (QED) is 0.827. The van der Waals surface area contributed by atoms with Crippen molar-refractivity contribution >= 4 is 17.7 Å². The van der Waals surface area contributed by atoms with Crippen LogP contribution in [0, 0.1) is 11.8 Å². The molecule has 0 aliphatic carbocycles. The normalized spacial score (nSPS) is 21.1. The van der Waals surface area contributed by atoms with Gasteiger partial charge < -0.3 is 10.4 Å². The predicted octanol–water partition coefficient (Wildman–Crippen LogP) is 1.44. The van der Waals surface area contributed by atoms with Crippen molar-refractivity contribution in [2.45, 2.75) is 24.5 Å². The molecule has 106 valence electrons. The van der Waals surface area contributed by atoms with E-state index in [1.54, 1.807) is 18.3 Å². The fourth-order valence-electron chi connectivity index (χ4n) is 2.08. The number of aromatic nitrogens is 1. The number of carbonyl (C=O) groups excluding carboxylic acids is 1. The first kappa shape index (κ1) is 14.9. The van der Waals surface area contributed by atoms with Crippen LogP contribution in [0.15, 0.2) is 18.3 Å². The highest BCUT2D eigenvalue weighted by Crippen LogP contribution is 2.36. The lowest BCUT2D eigenvalue weighted by molar-refractivity contribution is 0.0945. The van der Waals surface area contributed by atoms with Crippen molar-refractivity contribution in [3.8, 4) is 11.8 Å². The summed E-state index contributed by atoms with van der Waals surface area (Å²) in [6, 6.07) is 3.39. The van der Waals surface area contributed by atoms with Crippen LogP contribution in [0.5, 0.6) is 0 Å². The Labute approximate surface area is 123 Å². The van der Waals surface area contributed by atoms with Crippen LogP contribution in [-0.2, 0) is 0 Å². The molecule has 2 rings (SSSR count). The SMILES string of the molecule is CC1(CNC(=O)c2ccc(C#CCO)cn2)CCCS1. The van der Waals surface area contributed by atoms with Gasteiger partial charge in [0.15, 0.2) is 0 Å². The van der Waals surface area contributed by atoms with E-state index >= 15 is 0 Å². The number of rotatable bonds is 3. The van der Waals surface area contributed by atoms with Crippen LogP contribution < -0.4 is 5.32 Å². The van der Waals surface area contributed by atoms with Gasteiger partial charge in [0.1, 0.15) is 12.3 Å². The Hall–Kier alpha value is -1.51. The number of amides is 1. The molecule has 1 atom stereocenters. The van der Waals surface area contributed by atoms with Crippen LogP contribution in [0.4, 0.5) is 0 Å². The van der Waals surface area contributed by atoms with Crippen LogP contribution in [0.3, 0.4) is 0 Å². The lowest BCUT2D eigenvalue weighted by atomic mass is 10.1. The lowest BCUT2D eigenvalue weighted by Crippen LogP contribution is -2.37. The number of thioether (sulfide) groups is 1. The molecule has 1 amide bonds. The maximum absolute atomic E-state index is 12.0. The molecular weight excluding hydrogens is 272 g/mol. The van der Waals surface area contributed by atoms with Gasteiger partial charge in [-0.15, -0.1) is 0 Å². The molecule has 1 fully saturated rings. The number of aliphatic hydroxyl groups is 1. The molecule has 0 spiro atoms. The second kappa shape index (κ2) is 6.78. The molecule has 0 radical (unpaired) electrons. The molecule has 0 saturated carbocycles. The summed E-state index contributed by atoms with van der Waals surface area (Å²) in [6.45, 7) is 2.68. The van der Waals surface area contributed by atoms with E-state index in [2.05, 4.69) is 29.1 Å². The molecule has 0 aromatic carbocycles. The topological polar surface area (TPSA) is 62.2 Å². The number of pyridine rings is 1. The standard InChI is InChI=1S/C15H18N2O2S/c1-15(7-3-9-20-15)11-17-14(19)13-6-5-12(10-16-13)4-2-8-18/h5-6,10,18H,3,7-9,11H2,1H3,(H,17,19). The van der Waals surface area contributed by atoms with Gasteiger partial charge >= 0.3 is 0 Å². The average Bonchev–Trinajstić information content (AvgIpc) is 2.90. The third-order valence-electron chi connectivity index (χ3n) is 3.23. The second-order valence-electron chi connectivity index (χ2n) is 4.98. The Bertz CT molecular complexity index is 525. The Morgan fingerprint density at radius 2 is 2.45 bits per heavy atom. The Kier molecular flexibility index (Phi) is 5.05. The third-order valence-corrected chi connectivity index (χ3v) is 4.77. The largest absolute Gasteiger partial charge is 0.384 e.